The van der Waals surface area contributed by atoms with E-state index < -0.39 is 0 Å². The van der Waals surface area contributed by atoms with E-state index in [0.717, 1.165) is 5.56 Å². The Bertz CT molecular complexity index is 715. The summed E-state index contributed by atoms with van der Waals surface area (Å²) in [4.78, 5) is 12.1. The lowest BCUT2D eigenvalue weighted by atomic mass is 10.1. The molecule has 21 heavy (non-hydrogen) atoms. The Morgan fingerprint density at radius 3 is 2.52 bits per heavy atom. The molecular weight excluding hydrogens is 309 g/mol. The maximum Gasteiger partial charge on any atom is 0.255 e. The van der Waals surface area contributed by atoms with Crippen molar-refractivity contribution in [2.24, 2.45) is 0 Å². The van der Waals surface area contributed by atoms with Gasteiger partial charge in [0.05, 0.1) is 15.7 Å². The van der Waals surface area contributed by atoms with Crippen molar-refractivity contribution in [1.29, 1.82) is 0 Å². The molecule has 2 aromatic carbocycles. The third-order valence-electron chi connectivity index (χ3n) is 2.66. The Balaban J connectivity index is 2.15. The monoisotopic (exact) mass is 319 g/mol. The molecule has 2 aromatic rings. The molecule has 0 aliphatic heterocycles. The van der Waals surface area contributed by atoms with Gasteiger partial charge in [0.15, 0.2) is 0 Å². The van der Waals surface area contributed by atoms with Gasteiger partial charge in [-0.25, -0.2) is 0 Å². The van der Waals surface area contributed by atoms with Gasteiger partial charge in [-0.3, -0.25) is 4.79 Å². The largest absolute Gasteiger partial charge is 0.384 e. The van der Waals surface area contributed by atoms with Gasteiger partial charge in [0.1, 0.15) is 6.61 Å². The molecule has 0 aromatic heterocycles. The third kappa shape index (κ3) is 3.99. The molecule has 0 atom stereocenters. The number of rotatable bonds is 2. The molecule has 0 spiro atoms. The Hall–Kier alpha value is -1.99. The van der Waals surface area contributed by atoms with Gasteiger partial charge in [0.2, 0.25) is 0 Å². The first-order valence-electron chi connectivity index (χ1n) is 6.07. The lowest BCUT2D eigenvalue weighted by Gasteiger charge is -2.08. The second-order valence-electron chi connectivity index (χ2n) is 4.09. The van der Waals surface area contributed by atoms with Gasteiger partial charge in [-0.15, -0.1) is 0 Å². The maximum atomic E-state index is 12.1. The van der Waals surface area contributed by atoms with Crippen LogP contribution in [0.3, 0.4) is 0 Å². The van der Waals surface area contributed by atoms with E-state index in [1.807, 2.05) is 0 Å². The summed E-state index contributed by atoms with van der Waals surface area (Å²) in [5, 5.41) is 12.0. The fourth-order valence-corrected chi connectivity index (χ4v) is 1.99. The van der Waals surface area contributed by atoms with Crippen molar-refractivity contribution < 1.29 is 9.90 Å². The molecule has 0 saturated heterocycles. The lowest BCUT2D eigenvalue weighted by Crippen LogP contribution is -2.12. The maximum absolute atomic E-state index is 12.1. The Labute approximate surface area is 132 Å². The van der Waals surface area contributed by atoms with Gasteiger partial charge in [-0.05, 0) is 36.4 Å². The second-order valence-corrected chi connectivity index (χ2v) is 4.88. The van der Waals surface area contributed by atoms with Crippen LogP contribution in [-0.4, -0.2) is 17.6 Å². The average molecular weight is 320 g/mol. The second kappa shape index (κ2) is 7.14. The minimum absolute atomic E-state index is 0.199. The summed E-state index contributed by atoms with van der Waals surface area (Å²) >= 11 is 11.9. The number of hydrogen-bond donors (Lipinski definition) is 2. The van der Waals surface area contributed by atoms with E-state index in [9.17, 15) is 4.79 Å². The molecule has 2 N–H and O–H groups in total. The zero-order valence-corrected chi connectivity index (χ0v) is 12.4. The average Bonchev–Trinajstić information content (AvgIpc) is 2.50. The predicted molar refractivity (Wildman–Crippen MR) is 84.8 cm³/mol. The first-order chi connectivity index (χ1) is 10.1. The normalized spacial score (nSPS) is 9.67. The van der Waals surface area contributed by atoms with Crippen LogP contribution in [0.15, 0.2) is 42.5 Å². The van der Waals surface area contributed by atoms with E-state index in [4.69, 9.17) is 28.3 Å². The molecule has 106 valence electrons. The number of carbonyl (C=O) groups excluding carboxylic acids is 1. The van der Waals surface area contributed by atoms with Crippen LogP contribution in [0.1, 0.15) is 15.9 Å². The number of hydrogen-bond acceptors (Lipinski definition) is 2. The van der Waals surface area contributed by atoms with Gasteiger partial charge < -0.3 is 10.4 Å². The molecule has 0 unspecified atom stereocenters. The van der Waals surface area contributed by atoms with E-state index in [1.165, 1.54) is 0 Å². The SMILES string of the molecule is O=C(Nc1cccc(Cl)c1Cl)c1ccc(C#CCO)cc1. The van der Waals surface area contributed by atoms with Crippen molar-refractivity contribution in [1.82, 2.24) is 0 Å². The van der Waals surface area contributed by atoms with Crippen LogP contribution < -0.4 is 5.32 Å². The highest BCUT2D eigenvalue weighted by Crippen LogP contribution is 2.29. The number of halogens is 2. The smallest absolute Gasteiger partial charge is 0.255 e. The summed E-state index contributed by atoms with van der Waals surface area (Å²) in [7, 11) is 0. The lowest BCUT2D eigenvalue weighted by molar-refractivity contribution is 0.102. The summed E-state index contributed by atoms with van der Waals surface area (Å²) in [5.74, 6) is 5.01. The molecule has 0 saturated carbocycles. The zero-order valence-electron chi connectivity index (χ0n) is 10.9. The highest BCUT2D eigenvalue weighted by molar-refractivity contribution is 6.44. The summed E-state index contributed by atoms with van der Waals surface area (Å²) in [6.45, 7) is -0.199. The van der Waals surface area contributed by atoms with Gasteiger partial charge >= 0.3 is 0 Å². The molecule has 3 nitrogen and oxygen atoms in total. The zero-order chi connectivity index (χ0) is 15.2. The number of benzene rings is 2. The van der Waals surface area contributed by atoms with E-state index >= 15 is 0 Å². The van der Waals surface area contributed by atoms with Crippen molar-refractivity contribution >= 4 is 34.8 Å². The van der Waals surface area contributed by atoms with Crippen molar-refractivity contribution in [3.05, 3.63) is 63.6 Å². The van der Waals surface area contributed by atoms with Crippen molar-refractivity contribution in [3.8, 4) is 11.8 Å². The summed E-state index contributed by atoms with van der Waals surface area (Å²) in [6, 6.07) is 11.7. The number of aliphatic hydroxyl groups is 1. The summed E-state index contributed by atoms with van der Waals surface area (Å²) in [5.41, 5.74) is 1.65. The molecule has 2 rings (SSSR count). The number of amides is 1. The topological polar surface area (TPSA) is 49.3 Å². The molecule has 0 heterocycles. The Morgan fingerprint density at radius 1 is 1.14 bits per heavy atom. The van der Waals surface area contributed by atoms with E-state index in [0.29, 0.717) is 21.3 Å². The number of aliphatic hydroxyl groups excluding tert-OH is 1. The molecule has 0 bridgehead atoms. The fraction of sp³-hybridized carbons (Fsp3) is 0.0625. The quantitative estimate of drug-likeness (QED) is 0.831. The van der Waals surface area contributed by atoms with Crippen LogP contribution in [0.2, 0.25) is 10.0 Å². The van der Waals surface area contributed by atoms with Crippen LogP contribution in [0.4, 0.5) is 5.69 Å². The number of anilines is 1. The van der Waals surface area contributed by atoms with E-state index in [1.54, 1.807) is 42.5 Å². The van der Waals surface area contributed by atoms with Crippen LogP contribution in [0, 0.1) is 11.8 Å². The van der Waals surface area contributed by atoms with Crippen molar-refractivity contribution in [2.45, 2.75) is 0 Å². The summed E-state index contributed by atoms with van der Waals surface area (Å²) in [6.07, 6.45) is 0. The predicted octanol–water partition coefficient (Wildman–Crippen LogP) is 3.59. The van der Waals surface area contributed by atoms with Crippen molar-refractivity contribution in [3.63, 3.8) is 0 Å². The molecule has 0 fully saturated rings. The van der Waals surface area contributed by atoms with Gasteiger partial charge in [0.25, 0.3) is 5.91 Å². The molecule has 1 amide bonds. The van der Waals surface area contributed by atoms with Gasteiger partial charge in [0, 0.05) is 11.1 Å². The molecule has 0 radical (unpaired) electrons. The van der Waals surface area contributed by atoms with E-state index in [-0.39, 0.29) is 12.5 Å². The van der Waals surface area contributed by atoms with Crippen LogP contribution in [0.5, 0.6) is 0 Å². The standard InChI is InChI=1S/C16H11Cl2NO2/c17-13-4-1-5-14(15(13)18)19-16(21)12-8-6-11(7-9-12)3-2-10-20/h1,4-9,20H,10H2,(H,19,21). The summed E-state index contributed by atoms with van der Waals surface area (Å²) < 4.78 is 0. The van der Waals surface area contributed by atoms with Crippen LogP contribution >= 0.6 is 23.2 Å². The molecule has 5 heteroatoms. The third-order valence-corrected chi connectivity index (χ3v) is 3.48. The highest BCUT2D eigenvalue weighted by Gasteiger charge is 2.09. The molecule has 0 aliphatic carbocycles. The fourth-order valence-electron chi connectivity index (χ4n) is 1.64. The number of carbonyl (C=O) groups is 1. The minimum Gasteiger partial charge on any atom is -0.384 e. The minimum atomic E-state index is -0.291. The van der Waals surface area contributed by atoms with Gasteiger partial charge in [-0.1, -0.05) is 41.1 Å². The first kappa shape index (κ1) is 15.4. The van der Waals surface area contributed by atoms with Crippen molar-refractivity contribution in [2.75, 3.05) is 11.9 Å². The van der Waals surface area contributed by atoms with Crippen LogP contribution in [0.25, 0.3) is 0 Å². The highest BCUT2D eigenvalue weighted by atomic mass is 35.5. The number of nitrogens with one attached hydrogen (secondary N) is 1. The van der Waals surface area contributed by atoms with Crippen LogP contribution in [-0.2, 0) is 0 Å². The molecular formula is C16H11Cl2NO2. The van der Waals surface area contributed by atoms with E-state index in [2.05, 4.69) is 17.2 Å². The first-order valence-corrected chi connectivity index (χ1v) is 6.82. The Kier molecular flexibility index (Phi) is 5.24. The van der Waals surface area contributed by atoms with Gasteiger partial charge in [-0.2, -0.15) is 0 Å². The molecule has 0 aliphatic rings. The Morgan fingerprint density at radius 2 is 1.86 bits per heavy atom.